The van der Waals surface area contributed by atoms with Gasteiger partial charge >= 0.3 is 18.1 Å². The fourth-order valence-electron chi connectivity index (χ4n) is 1.15. The van der Waals surface area contributed by atoms with Crippen LogP contribution in [0.5, 0.6) is 0 Å². The van der Waals surface area contributed by atoms with Crippen LogP contribution in [0.1, 0.15) is 10.4 Å². The highest BCUT2D eigenvalue weighted by atomic mass is 32.2. The summed E-state index contributed by atoms with van der Waals surface area (Å²) in [5.74, 6) is -3.42. The van der Waals surface area contributed by atoms with Crippen molar-refractivity contribution in [1.29, 1.82) is 0 Å². The number of aromatic carboxylic acids is 1. The van der Waals surface area contributed by atoms with E-state index in [0.717, 1.165) is 17.8 Å². The number of carboxylic acid groups (broad SMARTS) is 1. The molecule has 0 heterocycles. The van der Waals surface area contributed by atoms with Crippen molar-refractivity contribution in [2.24, 2.45) is 0 Å². The molecule has 0 aliphatic heterocycles. The zero-order valence-electron chi connectivity index (χ0n) is 9.04. The van der Waals surface area contributed by atoms with Crippen molar-refractivity contribution in [2.75, 3.05) is 11.6 Å². The number of hydrogen-bond acceptors (Lipinski definition) is 3. The molecule has 0 atom stereocenters. The topological polar surface area (TPSA) is 66.4 Å². The Morgan fingerprint density at radius 2 is 1.94 bits per heavy atom. The van der Waals surface area contributed by atoms with Crippen molar-refractivity contribution >= 4 is 29.3 Å². The maximum Gasteiger partial charge on any atom is 0.471 e. The Labute approximate surface area is 104 Å². The van der Waals surface area contributed by atoms with Gasteiger partial charge in [-0.1, -0.05) is 0 Å². The Morgan fingerprint density at radius 3 is 2.39 bits per heavy atom. The lowest BCUT2D eigenvalue weighted by Gasteiger charge is -2.10. The fourth-order valence-corrected chi connectivity index (χ4v) is 1.73. The Kier molecular flexibility index (Phi) is 4.23. The molecule has 0 radical (unpaired) electrons. The molecule has 0 aliphatic carbocycles. The predicted octanol–water partition coefficient (Wildman–Crippen LogP) is 2.61. The van der Waals surface area contributed by atoms with Gasteiger partial charge in [0.15, 0.2) is 0 Å². The van der Waals surface area contributed by atoms with Crippen molar-refractivity contribution < 1.29 is 27.9 Å². The molecule has 0 aliphatic rings. The lowest BCUT2D eigenvalue weighted by Crippen LogP contribution is -2.30. The van der Waals surface area contributed by atoms with E-state index in [4.69, 9.17) is 5.11 Å². The number of nitrogens with one attached hydrogen (secondary N) is 1. The summed E-state index contributed by atoms with van der Waals surface area (Å²) in [7, 11) is 0. The Balaban J connectivity index is 3.03. The van der Waals surface area contributed by atoms with Gasteiger partial charge in [0.1, 0.15) is 0 Å². The van der Waals surface area contributed by atoms with Crippen LogP contribution in [0.4, 0.5) is 18.9 Å². The van der Waals surface area contributed by atoms with Gasteiger partial charge in [0, 0.05) is 10.6 Å². The first kappa shape index (κ1) is 14.4. The van der Waals surface area contributed by atoms with Crippen LogP contribution in [0.25, 0.3) is 0 Å². The summed E-state index contributed by atoms with van der Waals surface area (Å²) in [6.45, 7) is 0. The molecule has 4 nitrogen and oxygen atoms in total. The summed E-state index contributed by atoms with van der Waals surface area (Å²) >= 11 is 1.14. The number of halogens is 3. The quantitative estimate of drug-likeness (QED) is 0.835. The SMILES string of the molecule is CSc1ccc(NC(=O)C(F)(F)F)cc1C(=O)O. The number of benzene rings is 1. The maximum absolute atomic E-state index is 12.0. The number of alkyl halides is 3. The number of carbonyl (C=O) groups is 2. The molecule has 0 saturated carbocycles. The minimum absolute atomic E-state index is 0.164. The summed E-state index contributed by atoms with van der Waals surface area (Å²) in [5, 5.41) is 10.5. The summed E-state index contributed by atoms with van der Waals surface area (Å²) in [6, 6.07) is 3.53. The molecule has 0 spiro atoms. The van der Waals surface area contributed by atoms with E-state index < -0.39 is 18.1 Å². The van der Waals surface area contributed by atoms with Crippen molar-refractivity contribution in [3.05, 3.63) is 23.8 Å². The second-order valence-electron chi connectivity index (χ2n) is 3.17. The third-order valence-corrected chi connectivity index (χ3v) is 2.74. The third-order valence-electron chi connectivity index (χ3n) is 1.95. The maximum atomic E-state index is 12.0. The van der Waals surface area contributed by atoms with E-state index in [1.54, 1.807) is 11.6 Å². The molecule has 0 unspecified atom stereocenters. The highest BCUT2D eigenvalue weighted by Gasteiger charge is 2.38. The average molecular weight is 279 g/mol. The van der Waals surface area contributed by atoms with Crippen molar-refractivity contribution in [1.82, 2.24) is 0 Å². The normalized spacial score (nSPS) is 11.1. The lowest BCUT2D eigenvalue weighted by molar-refractivity contribution is -0.167. The number of carbonyl (C=O) groups excluding carboxylic acids is 1. The van der Waals surface area contributed by atoms with Gasteiger partial charge in [-0.15, -0.1) is 11.8 Å². The van der Waals surface area contributed by atoms with Gasteiger partial charge in [-0.25, -0.2) is 4.79 Å². The molecule has 18 heavy (non-hydrogen) atoms. The molecule has 0 fully saturated rings. The number of hydrogen-bond donors (Lipinski definition) is 2. The summed E-state index contributed by atoms with van der Waals surface area (Å²) in [4.78, 5) is 21.9. The van der Waals surface area contributed by atoms with Gasteiger partial charge < -0.3 is 10.4 Å². The van der Waals surface area contributed by atoms with E-state index >= 15 is 0 Å². The van der Waals surface area contributed by atoms with Gasteiger partial charge in [0.25, 0.3) is 0 Å². The molecular weight excluding hydrogens is 271 g/mol. The van der Waals surface area contributed by atoms with Crippen LogP contribution < -0.4 is 5.32 Å². The van der Waals surface area contributed by atoms with Gasteiger partial charge in [0.2, 0.25) is 0 Å². The van der Waals surface area contributed by atoms with E-state index in [1.165, 1.54) is 12.1 Å². The van der Waals surface area contributed by atoms with Crippen LogP contribution >= 0.6 is 11.8 Å². The number of anilines is 1. The summed E-state index contributed by atoms with van der Waals surface area (Å²) in [5.41, 5.74) is -0.380. The molecule has 0 saturated heterocycles. The van der Waals surface area contributed by atoms with E-state index in [1.807, 2.05) is 0 Å². The number of rotatable bonds is 3. The van der Waals surface area contributed by atoms with Crippen LogP contribution in [-0.4, -0.2) is 29.4 Å². The minimum Gasteiger partial charge on any atom is -0.478 e. The molecule has 8 heteroatoms. The molecule has 1 aromatic rings. The van der Waals surface area contributed by atoms with E-state index in [2.05, 4.69) is 0 Å². The monoisotopic (exact) mass is 279 g/mol. The first-order chi connectivity index (χ1) is 8.25. The molecule has 98 valence electrons. The zero-order chi connectivity index (χ0) is 13.9. The van der Waals surface area contributed by atoms with Crippen molar-refractivity contribution in [3.8, 4) is 0 Å². The minimum atomic E-state index is -5.01. The first-order valence-corrected chi connectivity index (χ1v) is 5.77. The first-order valence-electron chi connectivity index (χ1n) is 4.55. The third kappa shape index (κ3) is 3.39. The largest absolute Gasteiger partial charge is 0.478 e. The molecule has 1 aromatic carbocycles. The highest BCUT2D eigenvalue weighted by molar-refractivity contribution is 7.98. The number of thioether (sulfide) groups is 1. The zero-order valence-corrected chi connectivity index (χ0v) is 9.85. The predicted molar refractivity (Wildman–Crippen MR) is 59.9 cm³/mol. The van der Waals surface area contributed by atoms with Gasteiger partial charge in [-0.05, 0) is 24.5 Å². The van der Waals surface area contributed by atoms with Crippen LogP contribution in [-0.2, 0) is 4.79 Å². The summed E-state index contributed by atoms with van der Waals surface area (Å²) in [6.07, 6.45) is -3.38. The Morgan fingerprint density at radius 1 is 1.33 bits per heavy atom. The van der Waals surface area contributed by atoms with Crippen LogP contribution in [0.2, 0.25) is 0 Å². The molecule has 2 N–H and O–H groups in total. The molecule has 1 rings (SSSR count). The standard InChI is InChI=1S/C10H8F3NO3S/c1-18-7-3-2-5(4-6(7)8(15)16)14-9(17)10(11,12)13/h2-4H,1H3,(H,14,17)(H,15,16). The second kappa shape index (κ2) is 5.30. The van der Waals surface area contributed by atoms with Crippen molar-refractivity contribution in [3.63, 3.8) is 0 Å². The van der Waals surface area contributed by atoms with Crippen LogP contribution in [0.15, 0.2) is 23.1 Å². The number of amides is 1. The summed E-state index contributed by atoms with van der Waals surface area (Å²) < 4.78 is 36.0. The number of carboxylic acids is 1. The highest BCUT2D eigenvalue weighted by Crippen LogP contribution is 2.25. The van der Waals surface area contributed by atoms with Gasteiger partial charge in [0.05, 0.1) is 5.56 Å². The smallest absolute Gasteiger partial charge is 0.471 e. The van der Waals surface area contributed by atoms with Gasteiger partial charge in [-0.3, -0.25) is 4.79 Å². The molecule has 0 bridgehead atoms. The lowest BCUT2D eigenvalue weighted by atomic mass is 10.2. The van der Waals surface area contributed by atoms with Crippen LogP contribution in [0, 0.1) is 0 Å². The van der Waals surface area contributed by atoms with Crippen LogP contribution in [0.3, 0.4) is 0 Å². The molecular formula is C10H8F3NO3S. The van der Waals surface area contributed by atoms with E-state index in [-0.39, 0.29) is 11.3 Å². The van der Waals surface area contributed by atoms with Crippen molar-refractivity contribution in [2.45, 2.75) is 11.1 Å². The fraction of sp³-hybridized carbons (Fsp3) is 0.200. The molecule has 1 amide bonds. The van der Waals surface area contributed by atoms with E-state index in [0.29, 0.717) is 4.90 Å². The Hall–Kier alpha value is -1.70. The average Bonchev–Trinajstić information content (AvgIpc) is 2.27. The molecule has 0 aromatic heterocycles. The second-order valence-corrected chi connectivity index (χ2v) is 4.02. The Bertz CT molecular complexity index is 488. The van der Waals surface area contributed by atoms with Gasteiger partial charge in [-0.2, -0.15) is 13.2 Å². The van der Waals surface area contributed by atoms with E-state index in [9.17, 15) is 22.8 Å².